The van der Waals surface area contributed by atoms with Crippen molar-refractivity contribution >= 4 is 43.4 Å². The van der Waals surface area contributed by atoms with Crippen molar-refractivity contribution in [2.24, 2.45) is 33.5 Å². The summed E-state index contributed by atoms with van der Waals surface area (Å²) in [6, 6.07) is 7.68. The quantitative estimate of drug-likeness (QED) is 0.475. The maximum atomic E-state index is 13.6. The van der Waals surface area contributed by atoms with Crippen LogP contribution >= 0.6 is 0 Å². The van der Waals surface area contributed by atoms with Gasteiger partial charge in [0.15, 0.2) is 11.6 Å². The number of hydrogen-bond acceptors (Lipinski definition) is 6. The SMILES string of the molecule is CC1(C)C2CCC1(CS(C)(=O)=O)C(=O)/C2=C/c1ccc(/C=C2/C(=O)C3(CS(C)(=O)=O)CCC2C3(C)C)cc1. The molecule has 4 aliphatic carbocycles. The van der Waals surface area contributed by atoms with E-state index >= 15 is 0 Å². The van der Waals surface area contributed by atoms with Gasteiger partial charge in [-0.05, 0) is 71.6 Å². The van der Waals surface area contributed by atoms with Crippen LogP contribution in [0, 0.1) is 33.5 Å². The summed E-state index contributed by atoms with van der Waals surface area (Å²) < 4.78 is 48.9. The summed E-state index contributed by atoms with van der Waals surface area (Å²) in [6.07, 6.45) is 9.04. The van der Waals surface area contributed by atoms with Gasteiger partial charge in [0.2, 0.25) is 0 Å². The summed E-state index contributed by atoms with van der Waals surface area (Å²) in [4.78, 5) is 27.1. The molecule has 0 aromatic heterocycles. The lowest BCUT2D eigenvalue weighted by atomic mass is 9.70. The van der Waals surface area contributed by atoms with Crippen molar-refractivity contribution in [1.29, 1.82) is 0 Å². The predicted molar refractivity (Wildman–Crippen MR) is 150 cm³/mol. The lowest BCUT2D eigenvalue weighted by Gasteiger charge is -2.35. The Balaban J connectivity index is 1.44. The van der Waals surface area contributed by atoms with Crippen molar-refractivity contribution in [3.05, 3.63) is 46.5 Å². The van der Waals surface area contributed by atoms with E-state index in [2.05, 4.69) is 0 Å². The Morgan fingerprint density at radius 2 is 1.00 bits per heavy atom. The molecule has 6 nitrogen and oxygen atoms in total. The van der Waals surface area contributed by atoms with Gasteiger partial charge in [0.25, 0.3) is 0 Å². The van der Waals surface area contributed by atoms with Crippen molar-refractivity contribution in [3.8, 4) is 0 Å². The molecule has 38 heavy (non-hydrogen) atoms. The summed E-state index contributed by atoms with van der Waals surface area (Å²) in [7, 11) is -6.63. The van der Waals surface area contributed by atoms with E-state index in [1.807, 2.05) is 64.1 Å². The van der Waals surface area contributed by atoms with Crippen molar-refractivity contribution in [3.63, 3.8) is 0 Å². The third kappa shape index (κ3) is 3.84. The molecular weight excluding hydrogens is 520 g/mol. The highest BCUT2D eigenvalue weighted by atomic mass is 32.2. The molecule has 4 saturated carbocycles. The van der Waals surface area contributed by atoms with Crippen LogP contribution in [0.1, 0.15) is 64.5 Å². The van der Waals surface area contributed by atoms with Crippen LogP contribution in [0.25, 0.3) is 12.2 Å². The van der Waals surface area contributed by atoms with Crippen LogP contribution in [0.4, 0.5) is 0 Å². The molecule has 206 valence electrons. The van der Waals surface area contributed by atoms with E-state index in [0.29, 0.717) is 24.0 Å². The van der Waals surface area contributed by atoms with Crippen molar-refractivity contribution in [2.45, 2.75) is 53.4 Å². The predicted octanol–water partition coefficient (Wildman–Crippen LogP) is 4.55. The molecule has 4 aliphatic rings. The highest BCUT2D eigenvalue weighted by Gasteiger charge is 2.68. The molecule has 4 fully saturated rings. The average Bonchev–Trinajstić information content (AvgIpc) is 3.27. The minimum absolute atomic E-state index is 0.0264. The average molecular weight is 559 g/mol. The van der Waals surface area contributed by atoms with Crippen LogP contribution < -0.4 is 0 Å². The normalized spacial score (nSPS) is 35.6. The van der Waals surface area contributed by atoms with E-state index in [1.54, 1.807) is 0 Å². The zero-order valence-electron chi connectivity index (χ0n) is 23.1. The minimum atomic E-state index is -3.32. The Bertz CT molecular complexity index is 1390. The molecule has 1 aromatic rings. The van der Waals surface area contributed by atoms with E-state index in [0.717, 1.165) is 24.0 Å². The van der Waals surface area contributed by atoms with Gasteiger partial charge >= 0.3 is 0 Å². The van der Waals surface area contributed by atoms with E-state index in [-0.39, 0.29) is 34.9 Å². The van der Waals surface area contributed by atoms with E-state index in [9.17, 15) is 26.4 Å². The van der Waals surface area contributed by atoms with Gasteiger partial charge in [0, 0.05) is 23.7 Å². The van der Waals surface area contributed by atoms with Gasteiger partial charge in [-0.3, -0.25) is 9.59 Å². The first kappa shape index (κ1) is 27.5. The number of rotatable bonds is 6. The third-order valence-corrected chi connectivity index (χ3v) is 12.7. The van der Waals surface area contributed by atoms with Gasteiger partial charge < -0.3 is 0 Å². The van der Waals surface area contributed by atoms with Crippen LogP contribution in [0.15, 0.2) is 35.4 Å². The van der Waals surface area contributed by atoms with E-state index < -0.39 is 41.3 Å². The number of ketones is 2. The van der Waals surface area contributed by atoms with Gasteiger partial charge in [-0.25, -0.2) is 16.8 Å². The Morgan fingerprint density at radius 3 is 1.29 bits per heavy atom. The highest BCUT2D eigenvalue weighted by Crippen LogP contribution is 2.67. The van der Waals surface area contributed by atoms with Crippen molar-refractivity contribution in [1.82, 2.24) is 0 Å². The first-order valence-corrected chi connectivity index (χ1v) is 17.5. The second-order valence-corrected chi connectivity index (χ2v) is 17.7. The monoisotopic (exact) mass is 558 g/mol. The smallest absolute Gasteiger partial charge is 0.166 e. The van der Waals surface area contributed by atoms with Crippen LogP contribution in [0.2, 0.25) is 0 Å². The number of allylic oxidation sites excluding steroid dienone is 2. The Kier molecular flexibility index (Phi) is 5.96. The van der Waals surface area contributed by atoms with Crippen molar-refractivity contribution in [2.75, 3.05) is 24.0 Å². The molecule has 1 aromatic carbocycles. The van der Waals surface area contributed by atoms with Crippen LogP contribution in [-0.2, 0) is 29.3 Å². The van der Waals surface area contributed by atoms with E-state index in [1.165, 1.54) is 12.5 Å². The fourth-order valence-electron chi connectivity index (χ4n) is 8.51. The molecule has 5 rings (SSSR count). The standard InChI is InChI=1S/C30H38O6S2/c1-27(2)23-11-13-29(27,17-37(5,33)34)25(31)21(23)15-19-7-9-20(10-8-19)16-22-24-12-14-30(26(22)32,28(24,3)4)18-38(6,35)36/h7-10,15-16,23-24H,11-14,17-18H2,1-6H3/b21-15+,22-16+. The minimum Gasteiger partial charge on any atom is -0.294 e. The summed E-state index contributed by atoms with van der Waals surface area (Å²) in [5, 5.41) is 0. The maximum absolute atomic E-state index is 13.6. The number of Topliss-reactive ketones (excluding diaryl/α,β-unsaturated/α-hetero) is 2. The zero-order valence-corrected chi connectivity index (χ0v) is 24.8. The fourth-order valence-corrected chi connectivity index (χ4v) is 11.6. The van der Waals surface area contributed by atoms with Crippen LogP contribution in [0.5, 0.6) is 0 Å². The summed E-state index contributed by atoms with van der Waals surface area (Å²) in [6.45, 7) is 8.09. The molecule has 0 heterocycles. The van der Waals surface area contributed by atoms with Gasteiger partial charge in [-0.15, -0.1) is 0 Å². The summed E-state index contributed by atoms with van der Waals surface area (Å²) in [5.74, 6) is -0.253. The van der Waals surface area contributed by atoms with E-state index in [4.69, 9.17) is 0 Å². The zero-order chi connectivity index (χ0) is 28.1. The Hall–Kier alpha value is -2.06. The first-order valence-electron chi connectivity index (χ1n) is 13.3. The number of carbonyl (C=O) groups excluding carboxylic acids is 2. The Morgan fingerprint density at radius 1 is 0.684 bits per heavy atom. The van der Waals surface area contributed by atoms with Gasteiger partial charge in [-0.1, -0.05) is 52.0 Å². The van der Waals surface area contributed by atoms with Gasteiger partial charge in [0.1, 0.15) is 19.7 Å². The fraction of sp³-hybridized carbons (Fsp3) is 0.600. The molecule has 4 unspecified atom stereocenters. The number of benzene rings is 1. The second-order valence-electron chi connectivity index (χ2n) is 13.5. The lowest BCUT2D eigenvalue weighted by Crippen LogP contribution is -2.42. The molecule has 4 atom stereocenters. The second kappa shape index (κ2) is 8.23. The summed E-state index contributed by atoms with van der Waals surface area (Å²) in [5.41, 5.74) is 0.590. The number of fused-ring (bicyclic) bond motifs is 4. The largest absolute Gasteiger partial charge is 0.294 e. The van der Waals surface area contributed by atoms with Crippen molar-refractivity contribution < 1.29 is 26.4 Å². The third-order valence-electron chi connectivity index (χ3n) is 10.7. The maximum Gasteiger partial charge on any atom is 0.166 e. The molecule has 0 spiro atoms. The Labute approximate surface area is 226 Å². The topological polar surface area (TPSA) is 102 Å². The van der Waals surface area contributed by atoms with Gasteiger partial charge in [0.05, 0.1) is 22.3 Å². The number of carbonyl (C=O) groups is 2. The van der Waals surface area contributed by atoms with Crippen LogP contribution in [-0.4, -0.2) is 52.4 Å². The molecule has 4 bridgehead atoms. The molecule has 0 aliphatic heterocycles. The molecule has 0 saturated heterocycles. The molecular formula is C30H38O6S2. The number of hydrogen-bond donors (Lipinski definition) is 0. The number of sulfone groups is 2. The summed E-state index contributed by atoms with van der Waals surface area (Å²) >= 11 is 0. The molecule has 8 heteroatoms. The molecule has 0 amide bonds. The van der Waals surface area contributed by atoms with Crippen LogP contribution in [0.3, 0.4) is 0 Å². The molecule has 0 N–H and O–H groups in total. The molecule has 0 radical (unpaired) electrons. The first-order chi connectivity index (χ1) is 17.3. The lowest BCUT2D eigenvalue weighted by molar-refractivity contribution is -0.125. The highest BCUT2D eigenvalue weighted by molar-refractivity contribution is 7.91. The van der Waals surface area contributed by atoms with Gasteiger partial charge in [-0.2, -0.15) is 0 Å².